The van der Waals surface area contributed by atoms with Crippen LogP contribution >= 0.6 is 0 Å². The number of nitrogens with one attached hydrogen (secondary N) is 2. The van der Waals surface area contributed by atoms with E-state index in [1.165, 1.54) is 7.11 Å². The van der Waals surface area contributed by atoms with Crippen molar-refractivity contribution < 1.29 is 19.1 Å². The first-order chi connectivity index (χ1) is 12.8. The third-order valence-corrected chi connectivity index (χ3v) is 4.09. The van der Waals surface area contributed by atoms with E-state index < -0.39 is 11.5 Å². The summed E-state index contributed by atoms with van der Waals surface area (Å²) in [6, 6.07) is 15.5. The number of hydrogen-bond donors (Lipinski definition) is 3. The first-order valence-electron chi connectivity index (χ1n) is 8.45. The maximum Gasteiger partial charge on any atom is 0.307 e. The smallest absolute Gasteiger partial charge is 0.307 e. The molecule has 4 N–H and O–H groups in total. The molecule has 7 heteroatoms. The molecule has 0 aliphatic rings. The van der Waals surface area contributed by atoms with Gasteiger partial charge < -0.3 is 21.1 Å². The lowest BCUT2D eigenvalue weighted by molar-refractivity contribution is -0.140. The highest BCUT2D eigenvalue weighted by atomic mass is 16.5. The maximum atomic E-state index is 12.5. The van der Waals surface area contributed by atoms with Crippen LogP contribution in [-0.4, -0.2) is 31.4 Å². The highest BCUT2D eigenvalue weighted by Crippen LogP contribution is 2.20. The highest BCUT2D eigenvalue weighted by molar-refractivity contribution is 5.99. The van der Waals surface area contributed by atoms with Crippen molar-refractivity contribution in [2.75, 3.05) is 19.0 Å². The van der Waals surface area contributed by atoms with E-state index in [0.717, 1.165) is 0 Å². The molecular formula is C20H23N3O4. The summed E-state index contributed by atoms with van der Waals surface area (Å²) in [5.74, 6) is -1.06. The standard InChI is InChI=1S/C20H23N3O4/c1-20(21,15-6-4-3-5-7-15)19(26)23-16-10-8-14(9-11-16)18(25)22-13-12-17(24)27-2/h3-11H,12-13,21H2,1-2H3,(H,22,25)(H,23,26). The van der Waals surface area contributed by atoms with Crippen molar-refractivity contribution >= 4 is 23.5 Å². The Labute approximate surface area is 157 Å². The zero-order chi connectivity index (χ0) is 19.9. The second kappa shape index (κ2) is 8.95. The van der Waals surface area contributed by atoms with Gasteiger partial charge in [0.25, 0.3) is 5.91 Å². The zero-order valence-corrected chi connectivity index (χ0v) is 15.3. The summed E-state index contributed by atoms with van der Waals surface area (Å²) in [6.45, 7) is 1.83. The average Bonchev–Trinajstić information content (AvgIpc) is 2.68. The summed E-state index contributed by atoms with van der Waals surface area (Å²) in [7, 11) is 1.29. The number of benzene rings is 2. The van der Waals surface area contributed by atoms with Gasteiger partial charge in [0, 0.05) is 17.8 Å². The van der Waals surface area contributed by atoms with Crippen molar-refractivity contribution in [1.29, 1.82) is 0 Å². The molecule has 0 spiro atoms. The van der Waals surface area contributed by atoms with Gasteiger partial charge in [-0.3, -0.25) is 14.4 Å². The Morgan fingerprint density at radius 3 is 2.26 bits per heavy atom. The second-order valence-corrected chi connectivity index (χ2v) is 6.18. The number of nitrogens with two attached hydrogens (primary N) is 1. The summed E-state index contributed by atoms with van der Waals surface area (Å²) in [5, 5.41) is 5.38. The first kappa shape index (κ1) is 20.1. The molecule has 0 radical (unpaired) electrons. The van der Waals surface area contributed by atoms with Crippen LogP contribution in [0.2, 0.25) is 0 Å². The Kier molecular flexibility index (Phi) is 6.67. The number of methoxy groups -OCH3 is 1. The van der Waals surface area contributed by atoms with Gasteiger partial charge in [0.05, 0.1) is 13.5 Å². The summed E-state index contributed by atoms with van der Waals surface area (Å²) >= 11 is 0. The largest absolute Gasteiger partial charge is 0.469 e. The van der Waals surface area contributed by atoms with E-state index in [0.29, 0.717) is 16.8 Å². The van der Waals surface area contributed by atoms with Crippen molar-refractivity contribution in [3.05, 3.63) is 65.7 Å². The first-order valence-corrected chi connectivity index (χ1v) is 8.45. The van der Waals surface area contributed by atoms with Gasteiger partial charge in [0.15, 0.2) is 0 Å². The van der Waals surface area contributed by atoms with Crippen molar-refractivity contribution in [2.45, 2.75) is 18.9 Å². The van der Waals surface area contributed by atoms with E-state index >= 15 is 0 Å². The molecule has 0 fully saturated rings. The summed E-state index contributed by atoms with van der Waals surface area (Å²) in [4.78, 5) is 35.6. The van der Waals surface area contributed by atoms with Crippen molar-refractivity contribution in [3.63, 3.8) is 0 Å². The molecule has 0 aliphatic heterocycles. The number of hydrogen-bond acceptors (Lipinski definition) is 5. The molecule has 2 rings (SSSR count). The topological polar surface area (TPSA) is 111 Å². The fraction of sp³-hybridized carbons (Fsp3) is 0.250. The van der Waals surface area contributed by atoms with Gasteiger partial charge in [-0.2, -0.15) is 0 Å². The molecule has 0 aromatic heterocycles. The second-order valence-electron chi connectivity index (χ2n) is 6.18. The molecule has 2 aromatic carbocycles. The minimum atomic E-state index is -1.19. The number of anilines is 1. The van der Waals surface area contributed by atoms with Gasteiger partial charge in [0.2, 0.25) is 5.91 Å². The van der Waals surface area contributed by atoms with Crippen molar-refractivity contribution in [3.8, 4) is 0 Å². The van der Waals surface area contributed by atoms with Crippen LogP contribution in [0.3, 0.4) is 0 Å². The maximum absolute atomic E-state index is 12.5. The molecule has 2 amide bonds. The monoisotopic (exact) mass is 369 g/mol. The van der Waals surface area contributed by atoms with Crippen LogP contribution in [0, 0.1) is 0 Å². The molecule has 1 unspecified atom stereocenters. The molecule has 0 bridgehead atoms. The van der Waals surface area contributed by atoms with Crippen LogP contribution in [-0.2, 0) is 19.9 Å². The lowest BCUT2D eigenvalue weighted by Crippen LogP contribution is -2.45. The van der Waals surface area contributed by atoms with Gasteiger partial charge in [-0.25, -0.2) is 0 Å². The van der Waals surface area contributed by atoms with Crippen LogP contribution < -0.4 is 16.4 Å². The van der Waals surface area contributed by atoms with Gasteiger partial charge in [0.1, 0.15) is 5.54 Å². The minimum Gasteiger partial charge on any atom is -0.469 e. The lowest BCUT2D eigenvalue weighted by atomic mass is 9.92. The molecule has 27 heavy (non-hydrogen) atoms. The van der Waals surface area contributed by atoms with Crippen LogP contribution in [0.1, 0.15) is 29.3 Å². The summed E-state index contributed by atoms with van der Waals surface area (Å²) in [6.07, 6.45) is 0.102. The third kappa shape index (κ3) is 5.39. The van der Waals surface area contributed by atoms with Crippen LogP contribution in [0.4, 0.5) is 5.69 Å². The van der Waals surface area contributed by atoms with E-state index in [-0.39, 0.29) is 24.8 Å². The van der Waals surface area contributed by atoms with Crippen molar-refractivity contribution in [1.82, 2.24) is 5.32 Å². The molecule has 1 atom stereocenters. The highest BCUT2D eigenvalue weighted by Gasteiger charge is 2.30. The Morgan fingerprint density at radius 1 is 1.04 bits per heavy atom. The van der Waals surface area contributed by atoms with E-state index in [2.05, 4.69) is 15.4 Å². The Hall–Kier alpha value is -3.19. The molecular weight excluding hydrogens is 346 g/mol. The van der Waals surface area contributed by atoms with E-state index in [4.69, 9.17) is 5.73 Å². The van der Waals surface area contributed by atoms with E-state index in [1.54, 1.807) is 43.3 Å². The number of rotatable bonds is 7. The fourth-order valence-corrected chi connectivity index (χ4v) is 2.36. The molecule has 0 aliphatic carbocycles. The minimum absolute atomic E-state index is 0.102. The Morgan fingerprint density at radius 2 is 1.67 bits per heavy atom. The predicted molar refractivity (Wildman–Crippen MR) is 102 cm³/mol. The van der Waals surface area contributed by atoms with E-state index in [9.17, 15) is 14.4 Å². The molecule has 0 saturated carbocycles. The molecule has 7 nitrogen and oxygen atoms in total. The predicted octanol–water partition coefficient (Wildman–Crippen LogP) is 1.79. The number of carbonyl (C=O) groups is 3. The van der Waals surface area contributed by atoms with E-state index in [1.807, 2.05) is 18.2 Å². The third-order valence-electron chi connectivity index (χ3n) is 4.09. The summed E-state index contributed by atoms with van der Waals surface area (Å²) in [5.41, 5.74) is 6.63. The zero-order valence-electron chi connectivity index (χ0n) is 15.3. The molecule has 2 aromatic rings. The Bertz CT molecular complexity index is 802. The SMILES string of the molecule is COC(=O)CCNC(=O)c1ccc(NC(=O)C(C)(N)c2ccccc2)cc1. The number of amides is 2. The van der Waals surface area contributed by atoms with Crippen molar-refractivity contribution in [2.24, 2.45) is 5.73 Å². The van der Waals surface area contributed by atoms with Gasteiger partial charge in [-0.15, -0.1) is 0 Å². The molecule has 0 heterocycles. The van der Waals surface area contributed by atoms with Gasteiger partial charge >= 0.3 is 5.97 Å². The quantitative estimate of drug-likeness (QED) is 0.645. The molecule has 142 valence electrons. The van der Waals surface area contributed by atoms with Crippen LogP contribution in [0.15, 0.2) is 54.6 Å². The normalized spacial score (nSPS) is 12.6. The lowest BCUT2D eigenvalue weighted by Gasteiger charge is -2.24. The van der Waals surface area contributed by atoms with Gasteiger partial charge in [-0.1, -0.05) is 30.3 Å². The fourth-order valence-electron chi connectivity index (χ4n) is 2.36. The number of carbonyl (C=O) groups excluding carboxylic acids is 3. The summed E-state index contributed by atoms with van der Waals surface area (Å²) < 4.78 is 4.51. The molecule has 0 saturated heterocycles. The average molecular weight is 369 g/mol. The van der Waals surface area contributed by atoms with Gasteiger partial charge in [-0.05, 0) is 36.8 Å². The number of ether oxygens (including phenoxy) is 1. The number of esters is 1. The Balaban J connectivity index is 1.96. The van der Waals surface area contributed by atoms with Crippen LogP contribution in [0.5, 0.6) is 0 Å². The van der Waals surface area contributed by atoms with Crippen LogP contribution in [0.25, 0.3) is 0 Å².